The summed E-state index contributed by atoms with van der Waals surface area (Å²) in [4.78, 5) is 27.6. The highest BCUT2D eigenvalue weighted by Gasteiger charge is 2.27. The van der Waals surface area contributed by atoms with Gasteiger partial charge >= 0.3 is 0 Å². The standard InChI is InChI=1S/C24H26N6OS/c1-3-8-20-25-22(28-12-14-29(15-13-28)24(31)19-11-7-16-32-19)21-17(2)27-30(23(21)26-20)18-9-5-4-6-10-18/h4-7,9-11,16H,3,8,12-15H2,1-2H3. The van der Waals surface area contributed by atoms with Crippen LogP contribution in [0, 0.1) is 6.92 Å². The summed E-state index contributed by atoms with van der Waals surface area (Å²) in [5.74, 6) is 1.89. The highest BCUT2D eigenvalue weighted by Crippen LogP contribution is 2.30. The molecule has 1 saturated heterocycles. The second kappa shape index (κ2) is 8.70. The quantitative estimate of drug-likeness (QED) is 0.462. The third-order valence-corrected chi connectivity index (χ3v) is 6.66. The Morgan fingerprint density at radius 1 is 1.03 bits per heavy atom. The number of carbonyl (C=O) groups is 1. The number of hydrogen-bond donors (Lipinski definition) is 0. The summed E-state index contributed by atoms with van der Waals surface area (Å²) in [5, 5.41) is 7.76. The Morgan fingerprint density at radius 2 is 1.81 bits per heavy atom. The fourth-order valence-corrected chi connectivity index (χ4v) is 4.89. The molecule has 4 heterocycles. The summed E-state index contributed by atoms with van der Waals surface area (Å²) in [6.45, 7) is 7.00. The van der Waals surface area contributed by atoms with Gasteiger partial charge in [-0.2, -0.15) is 5.10 Å². The normalized spacial score (nSPS) is 14.3. The monoisotopic (exact) mass is 446 g/mol. The molecule has 4 aromatic rings. The molecule has 0 atom stereocenters. The van der Waals surface area contributed by atoms with Gasteiger partial charge in [-0.1, -0.05) is 31.2 Å². The van der Waals surface area contributed by atoms with E-state index in [0.29, 0.717) is 13.1 Å². The van der Waals surface area contributed by atoms with Crippen LogP contribution >= 0.6 is 11.3 Å². The lowest BCUT2D eigenvalue weighted by atomic mass is 10.2. The number of aryl methyl sites for hydroxylation is 2. The molecule has 7 nitrogen and oxygen atoms in total. The van der Waals surface area contributed by atoms with Crippen LogP contribution in [0.3, 0.4) is 0 Å². The Balaban J connectivity index is 1.50. The number of amides is 1. The number of anilines is 1. The molecule has 0 spiro atoms. The van der Waals surface area contributed by atoms with Gasteiger partial charge in [-0.25, -0.2) is 14.6 Å². The minimum absolute atomic E-state index is 0.118. The van der Waals surface area contributed by atoms with Gasteiger partial charge in [0.2, 0.25) is 0 Å². The minimum Gasteiger partial charge on any atom is -0.352 e. The Morgan fingerprint density at radius 3 is 2.50 bits per heavy atom. The first kappa shape index (κ1) is 20.6. The van der Waals surface area contributed by atoms with Crippen molar-refractivity contribution in [1.29, 1.82) is 0 Å². The van der Waals surface area contributed by atoms with Crippen LogP contribution in [0.2, 0.25) is 0 Å². The third-order valence-electron chi connectivity index (χ3n) is 5.80. The number of nitrogens with zero attached hydrogens (tertiary/aromatic N) is 6. The smallest absolute Gasteiger partial charge is 0.264 e. The van der Waals surface area contributed by atoms with Gasteiger partial charge in [0.25, 0.3) is 5.91 Å². The lowest BCUT2D eigenvalue weighted by molar-refractivity contribution is 0.0751. The predicted octanol–water partition coefficient (Wildman–Crippen LogP) is 4.10. The number of carbonyl (C=O) groups excluding carboxylic acids is 1. The molecule has 32 heavy (non-hydrogen) atoms. The Kier molecular flexibility index (Phi) is 5.61. The zero-order valence-electron chi connectivity index (χ0n) is 18.4. The van der Waals surface area contributed by atoms with Crippen molar-refractivity contribution >= 4 is 34.1 Å². The Bertz CT molecular complexity index is 1230. The minimum atomic E-state index is 0.118. The highest BCUT2D eigenvalue weighted by molar-refractivity contribution is 7.12. The number of benzene rings is 1. The van der Waals surface area contributed by atoms with E-state index in [1.807, 2.05) is 64.4 Å². The average Bonchev–Trinajstić information content (AvgIpc) is 3.48. The first-order chi connectivity index (χ1) is 15.7. The van der Waals surface area contributed by atoms with Crippen molar-refractivity contribution in [3.05, 3.63) is 64.2 Å². The number of piperazine rings is 1. The largest absolute Gasteiger partial charge is 0.352 e. The van der Waals surface area contributed by atoms with E-state index in [1.54, 1.807) is 0 Å². The molecule has 5 rings (SSSR count). The summed E-state index contributed by atoms with van der Waals surface area (Å²) >= 11 is 1.50. The Labute approximate surface area is 191 Å². The summed E-state index contributed by atoms with van der Waals surface area (Å²) in [6, 6.07) is 13.9. The molecule has 8 heteroatoms. The van der Waals surface area contributed by atoms with Gasteiger partial charge in [0.15, 0.2) is 5.65 Å². The molecule has 0 saturated carbocycles. The molecule has 0 aliphatic carbocycles. The molecule has 1 aromatic carbocycles. The van der Waals surface area contributed by atoms with Crippen molar-refractivity contribution in [2.45, 2.75) is 26.7 Å². The van der Waals surface area contributed by atoms with Crippen molar-refractivity contribution in [3.63, 3.8) is 0 Å². The molecule has 1 fully saturated rings. The van der Waals surface area contributed by atoms with Crippen molar-refractivity contribution in [2.24, 2.45) is 0 Å². The van der Waals surface area contributed by atoms with Gasteiger partial charge in [0.1, 0.15) is 11.6 Å². The van der Waals surface area contributed by atoms with Gasteiger partial charge in [-0.3, -0.25) is 4.79 Å². The number of para-hydroxylation sites is 1. The molecule has 0 bridgehead atoms. The number of rotatable bonds is 5. The van der Waals surface area contributed by atoms with E-state index in [-0.39, 0.29) is 5.91 Å². The van der Waals surface area contributed by atoms with E-state index in [9.17, 15) is 4.79 Å². The number of aromatic nitrogens is 4. The maximum Gasteiger partial charge on any atom is 0.264 e. The van der Waals surface area contributed by atoms with Crippen LogP contribution < -0.4 is 4.90 Å². The number of hydrogen-bond acceptors (Lipinski definition) is 6. The van der Waals surface area contributed by atoms with Gasteiger partial charge in [0.05, 0.1) is 21.6 Å². The fraction of sp³-hybridized carbons (Fsp3) is 0.333. The lowest BCUT2D eigenvalue weighted by Crippen LogP contribution is -2.49. The zero-order chi connectivity index (χ0) is 22.1. The maximum atomic E-state index is 12.7. The zero-order valence-corrected chi connectivity index (χ0v) is 19.2. The van der Waals surface area contributed by atoms with Crippen LogP contribution in [0.15, 0.2) is 47.8 Å². The van der Waals surface area contributed by atoms with Crippen molar-refractivity contribution in [1.82, 2.24) is 24.6 Å². The summed E-state index contributed by atoms with van der Waals surface area (Å²) in [6.07, 6.45) is 1.80. The summed E-state index contributed by atoms with van der Waals surface area (Å²) < 4.78 is 1.92. The van der Waals surface area contributed by atoms with Gasteiger partial charge in [-0.15, -0.1) is 11.3 Å². The van der Waals surface area contributed by atoms with Crippen LogP contribution in [0.5, 0.6) is 0 Å². The molecule has 1 amide bonds. The van der Waals surface area contributed by atoms with Crippen LogP contribution in [0.25, 0.3) is 16.7 Å². The topological polar surface area (TPSA) is 67.2 Å². The fourth-order valence-electron chi connectivity index (χ4n) is 4.20. The van der Waals surface area contributed by atoms with Crippen molar-refractivity contribution in [3.8, 4) is 5.69 Å². The van der Waals surface area contributed by atoms with E-state index in [2.05, 4.69) is 11.8 Å². The van der Waals surface area contributed by atoms with Crippen molar-refractivity contribution < 1.29 is 4.79 Å². The molecule has 1 aliphatic rings. The molecule has 164 valence electrons. The molecule has 1 aliphatic heterocycles. The first-order valence-electron chi connectivity index (χ1n) is 11.0. The average molecular weight is 447 g/mol. The van der Waals surface area contributed by atoms with Crippen LogP contribution in [0.4, 0.5) is 5.82 Å². The molecule has 3 aromatic heterocycles. The number of fused-ring (bicyclic) bond motifs is 1. The van der Waals surface area contributed by atoms with E-state index in [1.165, 1.54) is 11.3 Å². The van der Waals surface area contributed by atoms with E-state index in [0.717, 1.165) is 64.9 Å². The first-order valence-corrected chi connectivity index (χ1v) is 11.9. The highest BCUT2D eigenvalue weighted by atomic mass is 32.1. The second-order valence-electron chi connectivity index (χ2n) is 8.00. The number of thiophene rings is 1. The van der Waals surface area contributed by atoms with E-state index in [4.69, 9.17) is 15.1 Å². The summed E-state index contributed by atoms with van der Waals surface area (Å²) in [5.41, 5.74) is 2.75. The third kappa shape index (κ3) is 3.75. The molecule has 0 radical (unpaired) electrons. The van der Waals surface area contributed by atoms with Crippen molar-refractivity contribution in [2.75, 3.05) is 31.1 Å². The van der Waals surface area contributed by atoms with E-state index < -0.39 is 0 Å². The molecular formula is C24H26N6OS. The Hall–Kier alpha value is -3.26. The van der Waals surface area contributed by atoms with E-state index >= 15 is 0 Å². The van der Waals surface area contributed by atoms with Crippen LogP contribution in [0.1, 0.15) is 34.5 Å². The SMILES string of the molecule is CCCc1nc(N2CCN(C(=O)c3cccs3)CC2)c2c(C)nn(-c3ccccc3)c2n1. The van der Waals surface area contributed by atoms with Gasteiger partial charge < -0.3 is 9.80 Å². The molecule has 0 N–H and O–H groups in total. The van der Waals surface area contributed by atoms with Crippen LogP contribution in [-0.4, -0.2) is 56.7 Å². The maximum absolute atomic E-state index is 12.7. The van der Waals surface area contributed by atoms with Gasteiger partial charge in [-0.05, 0) is 36.9 Å². The van der Waals surface area contributed by atoms with Crippen LogP contribution in [-0.2, 0) is 6.42 Å². The van der Waals surface area contributed by atoms with Gasteiger partial charge in [0, 0.05) is 32.6 Å². The summed E-state index contributed by atoms with van der Waals surface area (Å²) in [7, 11) is 0. The predicted molar refractivity (Wildman–Crippen MR) is 128 cm³/mol. The lowest BCUT2D eigenvalue weighted by Gasteiger charge is -2.35. The molecule has 0 unspecified atom stereocenters. The molecular weight excluding hydrogens is 420 g/mol. The second-order valence-corrected chi connectivity index (χ2v) is 8.95.